The van der Waals surface area contributed by atoms with E-state index in [9.17, 15) is 0 Å². The molecule has 0 aromatic heterocycles. The fourth-order valence-electron chi connectivity index (χ4n) is 1.16. The largest absolute Gasteiger partial charge is 0.471 e. The molecule has 1 rings (SSSR count). The summed E-state index contributed by atoms with van der Waals surface area (Å²) in [6.45, 7) is 1.75. The Morgan fingerprint density at radius 3 is 2.73 bits per heavy atom. The van der Waals surface area contributed by atoms with Crippen molar-refractivity contribution in [3.05, 3.63) is 0 Å². The van der Waals surface area contributed by atoms with Crippen LogP contribution in [0.25, 0.3) is 0 Å². The van der Waals surface area contributed by atoms with Gasteiger partial charge in [0.05, 0.1) is 6.61 Å². The first-order valence-electron chi connectivity index (χ1n) is 4.30. The van der Waals surface area contributed by atoms with Gasteiger partial charge in [0.15, 0.2) is 0 Å². The summed E-state index contributed by atoms with van der Waals surface area (Å²) < 4.78 is 5.24. The number of thiocarbonyl (C=S) groups is 1. The number of nitrogens with one attached hydrogen (secondary N) is 1. The van der Waals surface area contributed by atoms with Crippen LogP contribution < -0.4 is 5.32 Å². The van der Waals surface area contributed by atoms with Crippen molar-refractivity contribution in [2.24, 2.45) is 0 Å². The Morgan fingerprint density at radius 1 is 1.09 bits per heavy atom. The minimum Gasteiger partial charge on any atom is -0.471 e. The molecule has 1 fully saturated rings. The summed E-state index contributed by atoms with van der Waals surface area (Å²) in [5.74, 6) is 0. The SMILES string of the molecule is S=C1NCCCCCCCO1. The van der Waals surface area contributed by atoms with E-state index in [0.29, 0.717) is 5.17 Å². The maximum Gasteiger partial charge on any atom is 0.256 e. The Balaban J connectivity index is 2.17. The summed E-state index contributed by atoms with van der Waals surface area (Å²) in [4.78, 5) is 0. The van der Waals surface area contributed by atoms with E-state index >= 15 is 0 Å². The van der Waals surface area contributed by atoms with Crippen molar-refractivity contribution in [3.63, 3.8) is 0 Å². The van der Waals surface area contributed by atoms with E-state index in [1.807, 2.05) is 0 Å². The standard InChI is InChI=1S/C8H15NOS/c11-8-9-6-4-2-1-3-5-7-10-8/h1-7H2,(H,9,11). The van der Waals surface area contributed by atoms with Gasteiger partial charge in [-0.1, -0.05) is 19.3 Å². The maximum absolute atomic E-state index is 5.24. The fraction of sp³-hybridized carbons (Fsp3) is 0.875. The molecule has 0 amide bonds. The van der Waals surface area contributed by atoms with Crippen LogP contribution in [0.15, 0.2) is 0 Å². The summed E-state index contributed by atoms with van der Waals surface area (Å²) in [7, 11) is 0. The van der Waals surface area contributed by atoms with Gasteiger partial charge in [-0.3, -0.25) is 0 Å². The third-order valence-corrected chi connectivity index (χ3v) is 2.09. The number of ether oxygens (including phenoxy) is 1. The van der Waals surface area contributed by atoms with Crippen LogP contribution in [0.4, 0.5) is 0 Å². The monoisotopic (exact) mass is 173 g/mol. The van der Waals surface area contributed by atoms with Crippen LogP contribution in [0.1, 0.15) is 32.1 Å². The minimum absolute atomic E-state index is 0.576. The molecule has 1 heterocycles. The molecule has 0 aliphatic carbocycles. The second kappa shape index (κ2) is 5.35. The first kappa shape index (κ1) is 8.78. The van der Waals surface area contributed by atoms with Gasteiger partial charge in [0.2, 0.25) is 0 Å². The number of rotatable bonds is 0. The Bertz CT molecular complexity index is 115. The second-order valence-corrected chi connectivity index (χ2v) is 3.20. The lowest BCUT2D eigenvalue weighted by Crippen LogP contribution is -2.25. The zero-order valence-corrected chi connectivity index (χ0v) is 7.58. The number of hydrogen-bond donors (Lipinski definition) is 1. The second-order valence-electron chi connectivity index (χ2n) is 2.83. The average molecular weight is 173 g/mol. The fourth-order valence-corrected chi connectivity index (χ4v) is 1.35. The van der Waals surface area contributed by atoms with Crippen molar-refractivity contribution < 1.29 is 4.74 Å². The molecule has 0 radical (unpaired) electrons. The van der Waals surface area contributed by atoms with Crippen LogP contribution in [-0.4, -0.2) is 18.3 Å². The van der Waals surface area contributed by atoms with Crippen LogP contribution in [0.2, 0.25) is 0 Å². The van der Waals surface area contributed by atoms with Gasteiger partial charge in [0, 0.05) is 6.54 Å². The lowest BCUT2D eigenvalue weighted by atomic mass is 10.1. The molecule has 1 N–H and O–H groups in total. The Morgan fingerprint density at radius 2 is 1.82 bits per heavy atom. The maximum atomic E-state index is 5.24. The predicted octanol–water partition coefficient (Wildman–Crippen LogP) is 1.84. The quantitative estimate of drug-likeness (QED) is 0.565. The first-order valence-corrected chi connectivity index (χ1v) is 4.71. The van der Waals surface area contributed by atoms with Crippen LogP contribution in [-0.2, 0) is 4.74 Å². The molecule has 1 aliphatic heterocycles. The van der Waals surface area contributed by atoms with Crippen molar-refractivity contribution in [3.8, 4) is 0 Å². The Kier molecular flexibility index (Phi) is 4.28. The van der Waals surface area contributed by atoms with E-state index in [1.54, 1.807) is 0 Å². The highest BCUT2D eigenvalue weighted by molar-refractivity contribution is 7.80. The highest BCUT2D eigenvalue weighted by atomic mass is 32.1. The van der Waals surface area contributed by atoms with Gasteiger partial charge >= 0.3 is 0 Å². The smallest absolute Gasteiger partial charge is 0.256 e. The first-order chi connectivity index (χ1) is 5.39. The van der Waals surface area contributed by atoms with Gasteiger partial charge in [0.25, 0.3) is 5.17 Å². The molecule has 3 heteroatoms. The van der Waals surface area contributed by atoms with Crippen LogP contribution in [0.5, 0.6) is 0 Å². The molecule has 2 nitrogen and oxygen atoms in total. The number of hydrogen-bond acceptors (Lipinski definition) is 2. The van der Waals surface area contributed by atoms with E-state index in [0.717, 1.165) is 19.6 Å². The van der Waals surface area contributed by atoms with Gasteiger partial charge in [-0.2, -0.15) is 0 Å². The van der Waals surface area contributed by atoms with Crippen LogP contribution >= 0.6 is 12.2 Å². The molecule has 0 aromatic carbocycles. The van der Waals surface area contributed by atoms with E-state index in [1.165, 1.54) is 25.7 Å². The average Bonchev–Trinajstić information content (AvgIpc) is 2.03. The molecule has 11 heavy (non-hydrogen) atoms. The third kappa shape index (κ3) is 4.19. The van der Waals surface area contributed by atoms with E-state index in [-0.39, 0.29) is 0 Å². The zero-order chi connectivity index (χ0) is 7.94. The topological polar surface area (TPSA) is 21.3 Å². The summed E-state index contributed by atoms with van der Waals surface area (Å²) in [5.41, 5.74) is 0. The van der Waals surface area contributed by atoms with Gasteiger partial charge in [0.1, 0.15) is 0 Å². The van der Waals surface area contributed by atoms with Gasteiger partial charge in [-0.15, -0.1) is 0 Å². The zero-order valence-electron chi connectivity index (χ0n) is 6.77. The summed E-state index contributed by atoms with van der Waals surface area (Å²) in [6.07, 6.45) is 6.28. The molecule has 1 saturated heterocycles. The molecule has 0 aromatic rings. The molecule has 0 spiro atoms. The molecule has 64 valence electrons. The molecular weight excluding hydrogens is 158 g/mol. The van der Waals surface area contributed by atoms with Crippen LogP contribution in [0.3, 0.4) is 0 Å². The van der Waals surface area contributed by atoms with Crippen molar-refractivity contribution in [1.82, 2.24) is 5.32 Å². The van der Waals surface area contributed by atoms with E-state index in [4.69, 9.17) is 17.0 Å². The summed E-state index contributed by atoms with van der Waals surface area (Å²) in [6, 6.07) is 0. The minimum atomic E-state index is 0.576. The highest BCUT2D eigenvalue weighted by Gasteiger charge is 1.99. The molecule has 0 saturated carbocycles. The van der Waals surface area contributed by atoms with Gasteiger partial charge in [-0.25, -0.2) is 0 Å². The van der Waals surface area contributed by atoms with E-state index in [2.05, 4.69) is 5.32 Å². The van der Waals surface area contributed by atoms with Crippen molar-refractivity contribution in [2.75, 3.05) is 13.2 Å². The van der Waals surface area contributed by atoms with Crippen molar-refractivity contribution in [1.29, 1.82) is 0 Å². The molecule has 0 atom stereocenters. The summed E-state index contributed by atoms with van der Waals surface area (Å²) >= 11 is 4.92. The Labute approximate surface area is 73.3 Å². The predicted molar refractivity (Wildman–Crippen MR) is 49.6 cm³/mol. The lowest BCUT2D eigenvalue weighted by molar-refractivity contribution is 0.282. The highest BCUT2D eigenvalue weighted by Crippen LogP contribution is 2.04. The van der Waals surface area contributed by atoms with Crippen LogP contribution in [0, 0.1) is 0 Å². The van der Waals surface area contributed by atoms with Gasteiger partial charge in [-0.05, 0) is 25.1 Å². The molecular formula is C8H15NOS. The van der Waals surface area contributed by atoms with Crippen molar-refractivity contribution >= 4 is 17.4 Å². The van der Waals surface area contributed by atoms with Gasteiger partial charge < -0.3 is 10.1 Å². The van der Waals surface area contributed by atoms with E-state index < -0.39 is 0 Å². The molecule has 0 unspecified atom stereocenters. The Hall–Kier alpha value is -0.310. The van der Waals surface area contributed by atoms with Crippen molar-refractivity contribution in [2.45, 2.75) is 32.1 Å². The lowest BCUT2D eigenvalue weighted by Gasteiger charge is -2.11. The summed E-state index contributed by atoms with van der Waals surface area (Å²) in [5, 5.41) is 3.64. The molecule has 1 aliphatic rings. The normalized spacial score (nSPS) is 21.6. The molecule has 0 bridgehead atoms. The third-order valence-electron chi connectivity index (χ3n) is 1.82.